The van der Waals surface area contributed by atoms with E-state index in [1.807, 2.05) is 24.3 Å². The number of benzene rings is 4. The minimum Gasteiger partial charge on any atom is -0.484 e. The third-order valence-corrected chi connectivity index (χ3v) is 5.49. The van der Waals surface area contributed by atoms with Gasteiger partial charge in [-0.25, -0.2) is 0 Å². The van der Waals surface area contributed by atoms with E-state index >= 15 is 0 Å². The van der Waals surface area contributed by atoms with E-state index in [1.54, 1.807) is 12.1 Å². The van der Waals surface area contributed by atoms with Crippen LogP contribution in [0.5, 0.6) is 5.75 Å². The summed E-state index contributed by atoms with van der Waals surface area (Å²) >= 11 is 0. The van der Waals surface area contributed by atoms with E-state index < -0.39 is 12.8 Å². The fourth-order valence-electron chi connectivity index (χ4n) is 3.60. The summed E-state index contributed by atoms with van der Waals surface area (Å²) in [6.45, 7) is 2.85. The van der Waals surface area contributed by atoms with Crippen LogP contribution in [-0.2, 0) is 0 Å². The van der Waals surface area contributed by atoms with Crippen molar-refractivity contribution in [2.45, 2.75) is 20.0 Å². The number of aryl methyl sites for hydroxylation is 2. The van der Waals surface area contributed by atoms with Gasteiger partial charge in [-0.05, 0) is 73.5 Å². The zero-order chi connectivity index (χ0) is 24.8. The predicted molar refractivity (Wildman–Crippen MR) is 138 cm³/mol. The number of hydrogen-bond donors (Lipinski definition) is 0. The van der Waals surface area contributed by atoms with Crippen molar-refractivity contribution in [3.05, 3.63) is 119 Å². The number of hydrogen-bond acceptors (Lipinski definition) is 2. The van der Waals surface area contributed by atoms with Crippen LogP contribution >= 0.6 is 0 Å². The molecule has 5 heteroatoms. The summed E-state index contributed by atoms with van der Waals surface area (Å²) in [5, 5.41) is 0. The zero-order valence-corrected chi connectivity index (χ0v) is 19.6. The van der Waals surface area contributed by atoms with Gasteiger partial charge in [0.05, 0.1) is 0 Å². The monoisotopic (exact) mass is 473 g/mol. The molecule has 0 saturated heterocycles. The molecule has 4 aromatic carbocycles. The molecule has 0 aliphatic carbocycles. The van der Waals surface area contributed by atoms with Crippen LogP contribution < -0.4 is 9.64 Å². The summed E-state index contributed by atoms with van der Waals surface area (Å²) in [5.74, 6) is 0.191. The molecule has 0 fully saturated rings. The number of nitrogens with zero attached hydrogens (tertiary/aromatic N) is 1. The first-order valence-corrected chi connectivity index (χ1v) is 11.3. The van der Waals surface area contributed by atoms with E-state index in [9.17, 15) is 13.2 Å². The zero-order valence-electron chi connectivity index (χ0n) is 19.6. The largest absolute Gasteiger partial charge is 0.484 e. The van der Waals surface area contributed by atoms with Crippen LogP contribution in [0.2, 0.25) is 0 Å². The van der Waals surface area contributed by atoms with Gasteiger partial charge in [-0.2, -0.15) is 13.2 Å². The summed E-state index contributed by atoms with van der Waals surface area (Å²) < 4.78 is 41.6. The molecular formula is C30H26F3NO. The van der Waals surface area contributed by atoms with Gasteiger partial charge in [0.1, 0.15) is 5.75 Å². The molecule has 0 unspecified atom stereocenters. The highest BCUT2D eigenvalue weighted by atomic mass is 19.4. The van der Waals surface area contributed by atoms with Gasteiger partial charge in [-0.15, -0.1) is 0 Å². The fourth-order valence-corrected chi connectivity index (χ4v) is 3.60. The highest BCUT2D eigenvalue weighted by Gasteiger charge is 2.28. The number of halogens is 3. The molecule has 4 aromatic rings. The van der Waals surface area contributed by atoms with Crippen LogP contribution in [0.25, 0.3) is 12.2 Å². The quantitative estimate of drug-likeness (QED) is 0.249. The smallest absolute Gasteiger partial charge is 0.422 e. The van der Waals surface area contributed by atoms with Gasteiger partial charge >= 0.3 is 6.18 Å². The SMILES string of the molecule is Cc1ccc(N(c2ccc(C)cc2)c2ccc(C=Cc3ccc(OCC(F)(F)F)cc3)cc2)cc1. The van der Waals surface area contributed by atoms with Crippen molar-refractivity contribution < 1.29 is 17.9 Å². The van der Waals surface area contributed by atoms with Gasteiger partial charge in [0.15, 0.2) is 6.61 Å². The van der Waals surface area contributed by atoms with Crippen molar-refractivity contribution in [1.82, 2.24) is 0 Å². The molecular weight excluding hydrogens is 447 g/mol. The highest BCUT2D eigenvalue weighted by molar-refractivity contribution is 5.78. The lowest BCUT2D eigenvalue weighted by atomic mass is 10.1. The number of ether oxygens (including phenoxy) is 1. The summed E-state index contributed by atoms with van der Waals surface area (Å²) in [7, 11) is 0. The molecule has 0 bridgehead atoms. The van der Waals surface area contributed by atoms with Crippen molar-refractivity contribution in [3.63, 3.8) is 0 Å². The first-order valence-electron chi connectivity index (χ1n) is 11.3. The molecule has 0 radical (unpaired) electrons. The maximum absolute atomic E-state index is 12.3. The average molecular weight is 474 g/mol. The van der Waals surface area contributed by atoms with Crippen LogP contribution in [0.15, 0.2) is 97.1 Å². The van der Waals surface area contributed by atoms with E-state index in [4.69, 9.17) is 4.74 Å². The second-order valence-electron chi connectivity index (χ2n) is 8.40. The predicted octanol–water partition coefficient (Wildman–Crippen LogP) is 8.88. The third-order valence-electron chi connectivity index (χ3n) is 5.49. The minimum absolute atomic E-state index is 0.191. The second kappa shape index (κ2) is 10.5. The van der Waals surface area contributed by atoms with Crippen LogP contribution in [0.1, 0.15) is 22.3 Å². The van der Waals surface area contributed by atoms with E-state index in [0.29, 0.717) is 0 Å². The molecule has 0 spiro atoms. The van der Waals surface area contributed by atoms with Crippen molar-refractivity contribution >= 4 is 29.2 Å². The van der Waals surface area contributed by atoms with Gasteiger partial charge in [-0.3, -0.25) is 0 Å². The molecule has 0 atom stereocenters. The topological polar surface area (TPSA) is 12.5 Å². The maximum Gasteiger partial charge on any atom is 0.422 e. The van der Waals surface area contributed by atoms with Crippen molar-refractivity contribution in [1.29, 1.82) is 0 Å². The lowest BCUT2D eigenvalue weighted by molar-refractivity contribution is -0.153. The number of alkyl halides is 3. The minimum atomic E-state index is -4.35. The van der Waals surface area contributed by atoms with Gasteiger partial charge in [-0.1, -0.05) is 71.8 Å². The van der Waals surface area contributed by atoms with E-state index in [-0.39, 0.29) is 5.75 Å². The average Bonchev–Trinajstić information content (AvgIpc) is 2.85. The number of anilines is 3. The Bertz CT molecular complexity index is 1210. The Balaban J connectivity index is 1.51. The summed E-state index contributed by atoms with van der Waals surface area (Å²) in [5.41, 5.74) is 7.50. The number of rotatable bonds is 7. The van der Waals surface area contributed by atoms with Crippen LogP contribution in [0.3, 0.4) is 0 Å². The van der Waals surface area contributed by atoms with Crippen molar-refractivity contribution in [2.75, 3.05) is 11.5 Å². The molecule has 0 N–H and O–H groups in total. The molecule has 0 saturated carbocycles. The van der Waals surface area contributed by atoms with Gasteiger partial charge in [0.2, 0.25) is 0 Å². The van der Waals surface area contributed by atoms with Crippen LogP contribution in [0.4, 0.5) is 30.2 Å². The summed E-state index contributed by atoms with van der Waals surface area (Å²) in [6.07, 6.45) is -0.461. The molecule has 0 aliphatic heterocycles. The third kappa shape index (κ3) is 6.76. The van der Waals surface area contributed by atoms with E-state index in [2.05, 4.69) is 79.4 Å². The summed E-state index contributed by atoms with van der Waals surface area (Å²) in [6, 6.07) is 31.7. The molecule has 0 heterocycles. The Morgan fingerprint density at radius 3 is 1.37 bits per heavy atom. The van der Waals surface area contributed by atoms with Gasteiger partial charge in [0, 0.05) is 17.1 Å². The Hall–Kier alpha value is -3.99. The Morgan fingerprint density at radius 1 is 0.600 bits per heavy atom. The lowest BCUT2D eigenvalue weighted by Crippen LogP contribution is -2.19. The van der Waals surface area contributed by atoms with Crippen LogP contribution in [0, 0.1) is 13.8 Å². The van der Waals surface area contributed by atoms with Crippen LogP contribution in [-0.4, -0.2) is 12.8 Å². The Morgan fingerprint density at radius 2 is 0.971 bits per heavy atom. The summed E-state index contributed by atoms with van der Waals surface area (Å²) in [4.78, 5) is 2.21. The van der Waals surface area contributed by atoms with Crippen molar-refractivity contribution in [2.24, 2.45) is 0 Å². The molecule has 35 heavy (non-hydrogen) atoms. The maximum atomic E-state index is 12.3. The molecule has 0 amide bonds. The van der Waals surface area contributed by atoms with Gasteiger partial charge < -0.3 is 9.64 Å². The normalized spacial score (nSPS) is 11.6. The first kappa shape index (κ1) is 24.1. The molecule has 178 valence electrons. The fraction of sp³-hybridized carbons (Fsp3) is 0.133. The first-order chi connectivity index (χ1) is 16.8. The Labute approximate surface area is 203 Å². The standard InChI is InChI=1S/C30H26F3NO/c1-22-3-13-26(14-4-22)34(27-15-5-23(2)6-16-27)28-17-9-24(10-18-28)7-8-25-11-19-29(20-12-25)35-21-30(31,32)33/h3-20H,21H2,1-2H3. The lowest BCUT2D eigenvalue weighted by Gasteiger charge is -2.25. The van der Waals surface area contributed by atoms with E-state index in [0.717, 1.165) is 28.2 Å². The second-order valence-corrected chi connectivity index (χ2v) is 8.40. The molecule has 2 nitrogen and oxygen atoms in total. The van der Waals surface area contributed by atoms with Gasteiger partial charge in [0.25, 0.3) is 0 Å². The van der Waals surface area contributed by atoms with E-state index in [1.165, 1.54) is 23.3 Å². The molecule has 0 aliphatic rings. The molecule has 0 aromatic heterocycles. The highest BCUT2D eigenvalue weighted by Crippen LogP contribution is 2.35. The Kier molecular flexibility index (Phi) is 7.25. The molecule has 4 rings (SSSR count). The van der Waals surface area contributed by atoms with Crippen molar-refractivity contribution in [3.8, 4) is 5.75 Å².